The molecule has 0 saturated carbocycles. The maximum Gasteiger partial charge on any atom is 0.240 e. The van der Waals surface area contributed by atoms with Crippen molar-refractivity contribution in [3.05, 3.63) is 24.3 Å². The van der Waals surface area contributed by atoms with Crippen LogP contribution in [-0.2, 0) is 14.6 Å². The maximum atomic E-state index is 11.6. The van der Waals surface area contributed by atoms with Gasteiger partial charge in [0.1, 0.15) is 4.71 Å². The Morgan fingerprint density at radius 2 is 2.13 bits per heavy atom. The average molecular weight is 246 g/mol. The molecule has 0 aliphatic heterocycles. The first-order valence-corrected chi connectivity index (χ1v) is 6.02. The van der Waals surface area contributed by atoms with E-state index in [2.05, 4.69) is 4.99 Å². The van der Waals surface area contributed by atoms with Crippen LogP contribution in [0.3, 0.4) is 0 Å². The van der Waals surface area contributed by atoms with Crippen molar-refractivity contribution in [2.24, 2.45) is 4.99 Å². The van der Waals surface area contributed by atoms with E-state index in [1.807, 2.05) is 0 Å². The number of rotatable bonds is 3. The number of aliphatic imine (C=N–C) groups is 1. The van der Waals surface area contributed by atoms with Gasteiger partial charge in [0.25, 0.3) is 0 Å². The van der Waals surface area contributed by atoms with Gasteiger partial charge in [-0.05, 0) is 25.1 Å². The molecule has 80 valence electrons. The van der Waals surface area contributed by atoms with Crippen LogP contribution >= 0.6 is 11.6 Å². The molecule has 1 rings (SSSR count). The van der Waals surface area contributed by atoms with Crippen LogP contribution in [0.1, 0.15) is 6.92 Å². The van der Waals surface area contributed by atoms with Crippen LogP contribution in [0.2, 0.25) is 0 Å². The number of isocyanates is 1. The summed E-state index contributed by atoms with van der Waals surface area (Å²) in [7, 11) is -3.54. The molecule has 0 bridgehead atoms. The SMILES string of the molecule is CC(Cl)S(=O)(=O)c1cccc(N=C=O)c1. The monoisotopic (exact) mass is 245 g/mol. The van der Waals surface area contributed by atoms with Crippen LogP contribution in [0.5, 0.6) is 0 Å². The van der Waals surface area contributed by atoms with Gasteiger partial charge < -0.3 is 0 Å². The molecular weight excluding hydrogens is 238 g/mol. The Morgan fingerprint density at radius 3 is 2.67 bits per heavy atom. The van der Waals surface area contributed by atoms with Crippen molar-refractivity contribution in [1.82, 2.24) is 0 Å². The highest BCUT2D eigenvalue weighted by atomic mass is 35.5. The molecule has 0 saturated heterocycles. The molecule has 0 amide bonds. The summed E-state index contributed by atoms with van der Waals surface area (Å²) in [5, 5.41) is 0. The predicted octanol–water partition coefficient (Wildman–Crippen LogP) is 2.01. The Kier molecular flexibility index (Phi) is 3.63. The molecule has 0 spiro atoms. The second-order valence-electron chi connectivity index (χ2n) is 2.79. The topological polar surface area (TPSA) is 63.6 Å². The van der Waals surface area contributed by atoms with Crippen LogP contribution in [0.15, 0.2) is 34.2 Å². The first kappa shape index (κ1) is 11.9. The van der Waals surface area contributed by atoms with Crippen LogP contribution in [-0.4, -0.2) is 19.2 Å². The molecule has 1 unspecified atom stereocenters. The van der Waals surface area contributed by atoms with Crippen molar-refractivity contribution in [3.63, 3.8) is 0 Å². The number of carbonyl (C=O) groups excluding carboxylic acids is 1. The van der Waals surface area contributed by atoms with Gasteiger partial charge in [-0.1, -0.05) is 6.07 Å². The first-order valence-electron chi connectivity index (χ1n) is 4.04. The van der Waals surface area contributed by atoms with Gasteiger partial charge in [0.2, 0.25) is 6.08 Å². The normalized spacial score (nSPS) is 12.9. The van der Waals surface area contributed by atoms with Crippen molar-refractivity contribution in [2.75, 3.05) is 0 Å². The molecule has 0 radical (unpaired) electrons. The van der Waals surface area contributed by atoms with Crippen LogP contribution < -0.4 is 0 Å². The Labute approximate surface area is 92.5 Å². The van der Waals surface area contributed by atoms with Gasteiger partial charge in [-0.2, -0.15) is 4.99 Å². The summed E-state index contributed by atoms with van der Waals surface area (Å²) < 4.78 is 22.2. The lowest BCUT2D eigenvalue weighted by molar-refractivity contribution is 0.565. The highest BCUT2D eigenvalue weighted by molar-refractivity contribution is 7.93. The van der Waals surface area contributed by atoms with E-state index in [4.69, 9.17) is 11.6 Å². The number of hydrogen-bond acceptors (Lipinski definition) is 4. The maximum absolute atomic E-state index is 11.6. The quantitative estimate of drug-likeness (QED) is 0.465. The van der Waals surface area contributed by atoms with E-state index in [0.717, 1.165) is 0 Å². The summed E-state index contributed by atoms with van der Waals surface area (Å²) in [6, 6.07) is 5.67. The summed E-state index contributed by atoms with van der Waals surface area (Å²) in [6.07, 6.45) is 1.34. The number of benzene rings is 1. The minimum atomic E-state index is -3.54. The molecule has 15 heavy (non-hydrogen) atoms. The fraction of sp³-hybridized carbons (Fsp3) is 0.222. The molecule has 0 aliphatic rings. The standard InChI is InChI=1S/C9H8ClNO3S/c1-7(10)15(13,14)9-4-2-3-8(5-9)11-6-12/h2-5,7H,1H3. The summed E-state index contributed by atoms with van der Waals surface area (Å²) in [5.74, 6) is 0. The van der Waals surface area contributed by atoms with E-state index < -0.39 is 14.5 Å². The van der Waals surface area contributed by atoms with Crippen LogP contribution in [0, 0.1) is 0 Å². The third-order valence-corrected chi connectivity index (χ3v) is 4.22. The van der Waals surface area contributed by atoms with E-state index in [9.17, 15) is 13.2 Å². The second kappa shape index (κ2) is 4.57. The molecule has 1 aromatic rings. The minimum absolute atomic E-state index is 0.0431. The zero-order chi connectivity index (χ0) is 11.5. The molecular formula is C9H8ClNO3S. The Hall–Kier alpha value is -1.16. The fourth-order valence-electron chi connectivity index (χ4n) is 0.970. The highest BCUT2D eigenvalue weighted by Gasteiger charge is 2.20. The van der Waals surface area contributed by atoms with Crippen LogP contribution in [0.4, 0.5) is 5.69 Å². The molecule has 1 atom stereocenters. The van der Waals surface area contributed by atoms with Crippen molar-refractivity contribution in [3.8, 4) is 0 Å². The Bertz CT molecular complexity index is 504. The van der Waals surface area contributed by atoms with Gasteiger partial charge in [0.15, 0.2) is 9.84 Å². The number of alkyl halides is 1. The molecule has 0 fully saturated rings. The van der Waals surface area contributed by atoms with Gasteiger partial charge in [0, 0.05) is 0 Å². The third-order valence-electron chi connectivity index (χ3n) is 1.75. The summed E-state index contributed by atoms with van der Waals surface area (Å²) in [6.45, 7) is 1.37. The Morgan fingerprint density at radius 1 is 1.47 bits per heavy atom. The lowest BCUT2D eigenvalue weighted by Gasteiger charge is -2.05. The molecule has 6 heteroatoms. The van der Waals surface area contributed by atoms with Gasteiger partial charge in [-0.25, -0.2) is 13.2 Å². The number of hydrogen-bond donors (Lipinski definition) is 0. The molecule has 4 nitrogen and oxygen atoms in total. The summed E-state index contributed by atoms with van der Waals surface area (Å²) in [4.78, 5) is 13.4. The number of sulfone groups is 1. The lowest BCUT2D eigenvalue weighted by atomic mass is 10.3. The van der Waals surface area contributed by atoms with Gasteiger partial charge in [-0.15, -0.1) is 11.6 Å². The molecule has 0 heterocycles. The number of halogens is 1. The smallest absolute Gasteiger partial charge is 0.222 e. The molecule has 0 aromatic heterocycles. The summed E-state index contributed by atoms with van der Waals surface area (Å²) in [5.41, 5.74) is 0.239. The number of nitrogens with zero attached hydrogens (tertiary/aromatic N) is 1. The molecule has 0 aliphatic carbocycles. The van der Waals surface area contributed by atoms with Crippen molar-refractivity contribution < 1.29 is 13.2 Å². The zero-order valence-corrected chi connectivity index (χ0v) is 9.42. The molecule has 1 aromatic carbocycles. The second-order valence-corrected chi connectivity index (χ2v) is 5.97. The van der Waals surface area contributed by atoms with E-state index in [-0.39, 0.29) is 10.6 Å². The van der Waals surface area contributed by atoms with Gasteiger partial charge in [0.05, 0.1) is 10.6 Å². The van der Waals surface area contributed by atoms with Gasteiger partial charge in [-0.3, -0.25) is 0 Å². The van der Waals surface area contributed by atoms with Crippen molar-refractivity contribution in [2.45, 2.75) is 16.5 Å². The zero-order valence-electron chi connectivity index (χ0n) is 7.84. The van der Waals surface area contributed by atoms with Gasteiger partial charge >= 0.3 is 0 Å². The van der Waals surface area contributed by atoms with E-state index in [1.165, 1.54) is 37.3 Å². The van der Waals surface area contributed by atoms with E-state index in [1.54, 1.807) is 0 Å². The van der Waals surface area contributed by atoms with E-state index in [0.29, 0.717) is 0 Å². The van der Waals surface area contributed by atoms with Crippen molar-refractivity contribution >= 4 is 33.2 Å². The largest absolute Gasteiger partial charge is 0.240 e. The average Bonchev–Trinajstić information content (AvgIpc) is 2.18. The van der Waals surface area contributed by atoms with Crippen LogP contribution in [0.25, 0.3) is 0 Å². The van der Waals surface area contributed by atoms with Crippen molar-refractivity contribution in [1.29, 1.82) is 0 Å². The van der Waals surface area contributed by atoms with E-state index >= 15 is 0 Å². The fourth-order valence-corrected chi connectivity index (χ4v) is 2.21. The first-order chi connectivity index (χ1) is 6.98. The third kappa shape index (κ3) is 2.65. The highest BCUT2D eigenvalue weighted by Crippen LogP contribution is 2.22. The lowest BCUT2D eigenvalue weighted by Crippen LogP contribution is -2.11. The predicted molar refractivity (Wildman–Crippen MR) is 56.7 cm³/mol. The minimum Gasteiger partial charge on any atom is -0.222 e. The summed E-state index contributed by atoms with van der Waals surface area (Å²) >= 11 is 5.54. The Balaban J connectivity index is 3.28. The molecule has 0 N–H and O–H groups in total.